The molecule has 0 bridgehead atoms. The number of rotatable bonds is 2. The number of hydrogen-bond donors (Lipinski definition) is 0. The third kappa shape index (κ3) is 3.53. The van der Waals surface area contributed by atoms with Crippen molar-refractivity contribution in [3.8, 4) is 0 Å². The van der Waals surface area contributed by atoms with Crippen molar-refractivity contribution >= 4 is 22.7 Å². The highest BCUT2D eigenvalue weighted by molar-refractivity contribution is 6.06. The summed E-state index contributed by atoms with van der Waals surface area (Å²) in [6, 6.07) is 6.11. The molecule has 0 N–H and O–H groups in total. The van der Waals surface area contributed by atoms with Gasteiger partial charge < -0.3 is 9.80 Å². The molecule has 2 aliphatic heterocycles. The highest BCUT2D eigenvalue weighted by Gasteiger charge is 2.31. The van der Waals surface area contributed by atoms with E-state index in [0.717, 1.165) is 25.9 Å². The fraction of sp³-hybridized carbons (Fsp3) is 0.476. The first-order valence-electron chi connectivity index (χ1n) is 9.68. The fourth-order valence-electron chi connectivity index (χ4n) is 4.21. The largest absolute Gasteiger partial charge is 0.342 e. The zero-order chi connectivity index (χ0) is 19.0. The smallest absolute Gasteiger partial charge is 0.254 e. The molecule has 142 valence electrons. The number of fused-ring (bicyclic) bond motifs is 1. The lowest BCUT2D eigenvalue weighted by molar-refractivity contribution is -0.135. The molecule has 2 fully saturated rings. The lowest BCUT2D eigenvalue weighted by Gasteiger charge is -2.33. The molecule has 0 atom stereocenters. The molecule has 5 nitrogen and oxygen atoms in total. The Morgan fingerprint density at radius 3 is 2.44 bits per heavy atom. The minimum Gasteiger partial charge on any atom is -0.342 e. The van der Waals surface area contributed by atoms with Gasteiger partial charge in [0.05, 0.1) is 11.1 Å². The topological polar surface area (TPSA) is 53.5 Å². The van der Waals surface area contributed by atoms with Gasteiger partial charge in [-0.2, -0.15) is 0 Å². The van der Waals surface area contributed by atoms with E-state index >= 15 is 0 Å². The predicted octanol–water partition coefficient (Wildman–Crippen LogP) is 3.16. The molecular weight excluding hydrogens is 345 g/mol. The molecule has 6 heteroatoms. The average Bonchev–Trinajstić information content (AvgIpc) is 3.20. The van der Waals surface area contributed by atoms with Crippen LogP contribution in [0.3, 0.4) is 0 Å². The number of hydrogen-bond acceptors (Lipinski definition) is 3. The van der Waals surface area contributed by atoms with E-state index in [1.165, 1.54) is 12.1 Å². The van der Waals surface area contributed by atoms with E-state index in [2.05, 4.69) is 4.98 Å². The molecule has 0 unspecified atom stereocenters. The van der Waals surface area contributed by atoms with E-state index in [1.54, 1.807) is 12.1 Å². The Morgan fingerprint density at radius 2 is 1.74 bits per heavy atom. The number of aryl methyl sites for hydroxylation is 1. The number of nitrogens with zero attached hydrogens (tertiary/aromatic N) is 3. The van der Waals surface area contributed by atoms with Gasteiger partial charge in [-0.15, -0.1) is 0 Å². The van der Waals surface area contributed by atoms with Crippen LogP contribution in [0.15, 0.2) is 24.3 Å². The summed E-state index contributed by atoms with van der Waals surface area (Å²) >= 11 is 0. The maximum absolute atomic E-state index is 13.5. The standard InChI is InChI=1S/C21H24FN3O2/c1-14-12-18(17-5-4-16(22)13-19(17)23-14)21(27)25-10-6-15(7-11-25)20(26)24-8-2-3-9-24/h4-5,12-13,15H,2-3,6-11H2,1H3. The van der Waals surface area contributed by atoms with Gasteiger partial charge in [-0.05, 0) is 50.8 Å². The van der Waals surface area contributed by atoms with Crippen LogP contribution in [0, 0.1) is 18.7 Å². The normalized spacial score (nSPS) is 18.3. The second kappa shape index (κ2) is 7.25. The number of piperidine rings is 1. The SMILES string of the molecule is Cc1cc(C(=O)N2CCC(C(=O)N3CCCC3)CC2)c2ccc(F)cc2n1. The molecule has 1 aromatic heterocycles. The van der Waals surface area contributed by atoms with Crippen LogP contribution in [-0.2, 0) is 4.79 Å². The van der Waals surface area contributed by atoms with Crippen molar-refractivity contribution in [2.75, 3.05) is 26.2 Å². The van der Waals surface area contributed by atoms with Crippen molar-refractivity contribution < 1.29 is 14.0 Å². The van der Waals surface area contributed by atoms with Gasteiger partial charge in [0.2, 0.25) is 5.91 Å². The number of benzene rings is 1. The summed E-state index contributed by atoms with van der Waals surface area (Å²) < 4.78 is 13.5. The van der Waals surface area contributed by atoms with E-state index in [9.17, 15) is 14.0 Å². The number of likely N-dealkylation sites (tertiary alicyclic amines) is 2. The number of carbonyl (C=O) groups is 2. The second-order valence-corrected chi connectivity index (χ2v) is 7.57. The van der Waals surface area contributed by atoms with Crippen molar-refractivity contribution in [3.63, 3.8) is 0 Å². The molecule has 27 heavy (non-hydrogen) atoms. The van der Waals surface area contributed by atoms with Crippen molar-refractivity contribution in [2.45, 2.75) is 32.6 Å². The van der Waals surface area contributed by atoms with E-state index < -0.39 is 0 Å². The lowest BCUT2D eigenvalue weighted by Crippen LogP contribution is -2.43. The minimum atomic E-state index is -0.361. The number of halogens is 1. The molecule has 0 saturated carbocycles. The zero-order valence-corrected chi connectivity index (χ0v) is 15.6. The van der Waals surface area contributed by atoms with Crippen molar-refractivity contribution in [3.05, 3.63) is 41.3 Å². The first-order chi connectivity index (χ1) is 13.0. The summed E-state index contributed by atoms with van der Waals surface area (Å²) in [5.74, 6) is -0.151. The van der Waals surface area contributed by atoms with Crippen molar-refractivity contribution in [1.82, 2.24) is 14.8 Å². The maximum Gasteiger partial charge on any atom is 0.254 e. The van der Waals surface area contributed by atoms with E-state index in [-0.39, 0.29) is 23.5 Å². The third-order valence-corrected chi connectivity index (χ3v) is 5.68. The van der Waals surface area contributed by atoms with Gasteiger partial charge in [0.25, 0.3) is 5.91 Å². The van der Waals surface area contributed by atoms with Gasteiger partial charge in [0.1, 0.15) is 5.82 Å². The molecule has 3 heterocycles. The van der Waals surface area contributed by atoms with Gasteiger partial charge in [-0.3, -0.25) is 14.6 Å². The number of aromatic nitrogens is 1. The van der Waals surface area contributed by atoms with E-state index in [1.807, 2.05) is 16.7 Å². The predicted molar refractivity (Wildman–Crippen MR) is 101 cm³/mol. The molecule has 4 rings (SSSR count). The average molecular weight is 369 g/mol. The van der Waals surface area contributed by atoms with Crippen molar-refractivity contribution in [2.24, 2.45) is 5.92 Å². The van der Waals surface area contributed by atoms with Crippen LogP contribution in [0.25, 0.3) is 10.9 Å². The number of amides is 2. The van der Waals surface area contributed by atoms with Crippen molar-refractivity contribution in [1.29, 1.82) is 0 Å². The van der Waals surface area contributed by atoms with Gasteiger partial charge >= 0.3 is 0 Å². The summed E-state index contributed by atoms with van der Waals surface area (Å²) in [5.41, 5.74) is 1.75. The summed E-state index contributed by atoms with van der Waals surface area (Å²) in [5, 5.41) is 0.669. The van der Waals surface area contributed by atoms with Gasteiger partial charge in [-0.25, -0.2) is 4.39 Å². The van der Waals surface area contributed by atoms with Crippen LogP contribution < -0.4 is 0 Å². The fourth-order valence-corrected chi connectivity index (χ4v) is 4.21. The second-order valence-electron chi connectivity index (χ2n) is 7.57. The van der Waals surface area contributed by atoms with E-state index in [4.69, 9.17) is 0 Å². The Hall–Kier alpha value is -2.50. The molecular formula is C21H24FN3O2. The molecule has 2 amide bonds. The van der Waals surface area contributed by atoms with Crippen LogP contribution in [0.2, 0.25) is 0 Å². The molecule has 2 saturated heterocycles. The van der Waals surface area contributed by atoms with Gasteiger partial charge in [-0.1, -0.05) is 0 Å². The Morgan fingerprint density at radius 1 is 1.04 bits per heavy atom. The summed E-state index contributed by atoms with van der Waals surface area (Å²) in [4.78, 5) is 33.8. The molecule has 2 aliphatic rings. The minimum absolute atomic E-state index is 0.0252. The summed E-state index contributed by atoms with van der Waals surface area (Å²) in [6.07, 6.45) is 3.60. The number of pyridine rings is 1. The Balaban J connectivity index is 1.50. The molecule has 0 radical (unpaired) electrons. The molecule has 0 spiro atoms. The van der Waals surface area contributed by atoms with Gasteiger partial charge in [0.15, 0.2) is 0 Å². The Labute approximate surface area is 158 Å². The van der Waals surface area contributed by atoms with Gasteiger partial charge in [0, 0.05) is 49.2 Å². The molecule has 2 aromatic rings. The Bertz CT molecular complexity index is 879. The molecule has 1 aromatic carbocycles. The number of carbonyl (C=O) groups excluding carboxylic acids is 2. The van der Waals surface area contributed by atoms with Crippen LogP contribution >= 0.6 is 0 Å². The van der Waals surface area contributed by atoms with Crippen LogP contribution in [0.4, 0.5) is 4.39 Å². The highest BCUT2D eigenvalue weighted by Crippen LogP contribution is 2.26. The van der Waals surface area contributed by atoms with Crippen LogP contribution in [0.5, 0.6) is 0 Å². The Kier molecular flexibility index (Phi) is 4.81. The van der Waals surface area contributed by atoms with Crippen LogP contribution in [-0.4, -0.2) is 52.8 Å². The summed E-state index contributed by atoms with van der Waals surface area (Å²) in [7, 11) is 0. The lowest BCUT2D eigenvalue weighted by atomic mass is 9.94. The first-order valence-corrected chi connectivity index (χ1v) is 9.68. The maximum atomic E-state index is 13.5. The highest BCUT2D eigenvalue weighted by atomic mass is 19.1. The van der Waals surface area contributed by atoms with E-state index in [0.29, 0.717) is 48.1 Å². The molecule has 0 aliphatic carbocycles. The summed E-state index contributed by atoms with van der Waals surface area (Å²) in [6.45, 7) is 4.70. The zero-order valence-electron chi connectivity index (χ0n) is 15.6. The monoisotopic (exact) mass is 369 g/mol. The first kappa shape index (κ1) is 17.9. The quantitative estimate of drug-likeness (QED) is 0.817. The third-order valence-electron chi connectivity index (χ3n) is 5.68. The van der Waals surface area contributed by atoms with Crippen LogP contribution in [0.1, 0.15) is 41.7 Å².